The van der Waals surface area contributed by atoms with E-state index in [9.17, 15) is 52.8 Å². The molecule has 1 heterocycles. The molecule has 0 saturated heterocycles. The second-order valence-electron chi connectivity index (χ2n) is 6.65. The smallest absolute Gasteiger partial charge is 0.493 e. The first-order valence-electron chi connectivity index (χ1n) is 9.31. The zero-order chi connectivity index (χ0) is 29.4. The van der Waals surface area contributed by atoms with Crippen molar-refractivity contribution in [2.24, 2.45) is 0 Å². The van der Waals surface area contributed by atoms with Crippen molar-refractivity contribution in [2.45, 2.75) is 11.0 Å². The molecule has 0 N–H and O–H groups in total. The van der Waals surface area contributed by atoms with Crippen LogP contribution in [-0.2, 0) is 29.6 Å². The third-order valence-electron chi connectivity index (χ3n) is 4.52. The average Bonchev–Trinajstić information content (AvgIpc) is 3.15. The van der Waals surface area contributed by atoms with Crippen molar-refractivity contribution < 1.29 is 75.9 Å². The van der Waals surface area contributed by atoms with E-state index in [1.807, 2.05) is 0 Å². The van der Waals surface area contributed by atoms with Gasteiger partial charge in [-0.2, -0.15) is 43.2 Å². The maximum Gasteiger partial charge on any atom is 0.534 e. The van der Waals surface area contributed by atoms with Gasteiger partial charge in [0.15, 0.2) is 28.6 Å². The predicted molar refractivity (Wildman–Crippen MR) is 112 cm³/mol. The molecule has 2 rings (SSSR count). The van der Waals surface area contributed by atoms with Crippen LogP contribution >= 0.6 is 0 Å². The number of carbonyl (C=O) groups excluding carboxylic acids is 2. The highest BCUT2D eigenvalue weighted by atomic mass is 32.2. The molecule has 38 heavy (non-hydrogen) atoms. The quantitative estimate of drug-likeness (QED) is 0.190. The Morgan fingerprint density at radius 1 is 0.763 bits per heavy atom. The molecule has 0 aliphatic heterocycles. The summed E-state index contributed by atoms with van der Waals surface area (Å²) in [5.41, 5.74) is -18.4. The maximum atomic E-state index is 13.6. The number of halogens is 6. The Morgan fingerprint density at radius 3 is 1.68 bits per heavy atom. The molecule has 1 aromatic carbocycles. The second-order valence-corrected chi connectivity index (χ2v) is 9.97. The first-order valence-corrected chi connectivity index (χ1v) is 12.2. The highest BCUT2D eigenvalue weighted by Crippen LogP contribution is 2.46. The molecule has 2 aromatic rings. The first kappa shape index (κ1) is 30.5. The SMILES string of the molecule is COC(=O)c1c(OS(=O)(=O)C(F)(F)F)c(-c2ccc(OC)c(OC)c2)c(C(=O)OC)n1S(=O)(=O)C(F)(F)F. The fraction of sp³-hybridized carbons (Fsp3) is 0.333. The van der Waals surface area contributed by atoms with E-state index in [-0.39, 0.29) is 11.5 Å². The van der Waals surface area contributed by atoms with E-state index < -0.39 is 75.3 Å². The van der Waals surface area contributed by atoms with Crippen LogP contribution in [0.1, 0.15) is 21.0 Å². The summed E-state index contributed by atoms with van der Waals surface area (Å²) in [5.74, 6) is -6.41. The molecule has 0 fully saturated rings. The van der Waals surface area contributed by atoms with Gasteiger partial charge in [-0.05, 0) is 17.7 Å². The van der Waals surface area contributed by atoms with Gasteiger partial charge in [-0.3, -0.25) is 0 Å². The van der Waals surface area contributed by atoms with Gasteiger partial charge in [0.1, 0.15) is 0 Å². The minimum absolute atomic E-state index is 0.0724. The summed E-state index contributed by atoms with van der Waals surface area (Å²) >= 11 is 0. The summed E-state index contributed by atoms with van der Waals surface area (Å²) in [7, 11) is -10.5. The van der Waals surface area contributed by atoms with Gasteiger partial charge in [0.05, 0.1) is 34.0 Å². The number of ether oxygens (including phenoxy) is 4. The number of methoxy groups -OCH3 is 4. The van der Waals surface area contributed by atoms with Crippen molar-refractivity contribution >= 4 is 32.1 Å². The van der Waals surface area contributed by atoms with Gasteiger partial charge in [0.25, 0.3) is 0 Å². The van der Waals surface area contributed by atoms with E-state index in [4.69, 9.17) is 9.47 Å². The molecule has 0 unspecified atom stereocenters. The number of hydrogen-bond donors (Lipinski definition) is 0. The molecule has 0 atom stereocenters. The summed E-state index contributed by atoms with van der Waals surface area (Å²) in [6, 6.07) is 2.66. The van der Waals surface area contributed by atoms with E-state index in [0.29, 0.717) is 14.2 Å². The van der Waals surface area contributed by atoms with Gasteiger partial charge in [-0.25, -0.2) is 13.6 Å². The topological polar surface area (TPSA) is 154 Å². The maximum absolute atomic E-state index is 13.6. The highest BCUT2D eigenvalue weighted by molar-refractivity contribution is 7.91. The van der Waals surface area contributed by atoms with Crippen molar-refractivity contribution in [3.05, 3.63) is 29.6 Å². The first-order chi connectivity index (χ1) is 17.3. The molecule has 12 nitrogen and oxygen atoms in total. The third-order valence-corrected chi connectivity index (χ3v) is 6.91. The van der Waals surface area contributed by atoms with Gasteiger partial charge < -0.3 is 23.1 Å². The number of carbonyl (C=O) groups is 2. The lowest BCUT2D eigenvalue weighted by Gasteiger charge is -2.14. The number of rotatable bonds is 8. The zero-order valence-electron chi connectivity index (χ0n) is 19.3. The molecular formula is C18H15F6NO11S2. The van der Waals surface area contributed by atoms with Gasteiger partial charge >= 0.3 is 43.1 Å². The Balaban J connectivity index is 3.34. The van der Waals surface area contributed by atoms with Crippen LogP contribution in [0.25, 0.3) is 11.1 Å². The van der Waals surface area contributed by atoms with E-state index >= 15 is 0 Å². The third kappa shape index (κ3) is 5.17. The van der Waals surface area contributed by atoms with Crippen molar-refractivity contribution in [3.8, 4) is 28.4 Å². The lowest BCUT2D eigenvalue weighted by Crippen LogP contribution is -2.34. The van der Waals surface area contributed by atoms with Crippen molar-refractivity contribution in [1.82, 2.24) is 3.97 Å². The highest BCUT2D eigenvalue weighted by Gasteiger charge is 2.55. The largest absolute Gasteiger partial charge is 0.534 e. The monoisotopic (exact) mass is 599 g/mol. The second kappa shape index (κ2) is 10.2. The van der Waals surface area contributed by atoms with Crippen LogP contribution in [0.15, 0.2) is 18.2 Å². The predicted octanol–water partition coefficient (Wildman–Crippen LogP) is 2.67. The van der Waals surface area contributed by atoms with Gasteiger partial charge in [-0.1, -0.05) is 6.07 Å². The Kier molecular flexibility index (Phi) is 8.23. The van der Waals surface area contributed by atoms with Crippen LogP contribution in [0.3, 0.4) is 0 Å². The lowest BCUT2D eigenvalue weighted by atomic mass is 10.0. The van der Waals surface area contributed by atoms with E-state index in [1.54, 1.807) is 0 Å². The van der Waals surface area contributed by atoms with Gasteiger partial charge in [-0.15, -0.1) is 0 Å². The Bertz CT molecular complexity index is 1480. The molecule has 1 aromatic heterocycles. The molecule has 20 heteroatoms. The summed E-state index contributed by atoms with van der Waals surface area (Å²) in [6.45, 7) is 0. The number of benzene rings is 1. The van der Waals surface area contributed by atoms with E-state index in [0.717, 1.165) is 32.4 Å². The van der Waals surface area contributed by atoms with Crippen molar-refractivity contribution in [2.75, 3.05) is 28.4 Å². The van der Waals surface area contributed by atoms with Gasteiger partial charge in [0.2, 0.25) is 0 Å². The van der Waals surface area contributed by atoms with E-state index in [2.05, 4.69) is 13.7 Å². The molecule has 0 radical (unpaired) electrons. The number of nitrogens with zero attached hydrogens (tertiary/aromatic N) is 1. The van der Waals surface area contributed by atoms with E-state index in [1.165, 1.54) is 0 Å². The van der Waals surface area contributed by atoms with Crippen LogP contribution in [-0.4, -0.2) is 72.2 Å². The average molecular weight is 599 g/mol. The number of esters is 2. The van der Waals surface area contributed by atoms with Gasteiger partial charge in [0, 0.05) is 0 Å². The molecule has 0 aliphatic rings. The van der Waals surface area contributed by atoms with Crippen LogP contribution in [0, 0.1) is 0 Å². The van der Waals surface area contributed by atoms with Crippen LogP contribution < -0.4 is 13.7 Å². The minimum atomic E-state index is -6.87. The fourth-order valence-corrected chi connectivity index (χ4v) is 4.41. The molecule has 0 bridgehead atoms. The molecule has 0 saturated carbocycles. The van der Waals surface area contributed by atoms with Crippen molar-refractivity contribution in [1.29, 1.82) is 0 Å². The molecule has 212 valence electrons. The lowest BCUT2D eigenvalue weighted by molar-refractivity contribution is -0.0501. The number of hydrogen-bond acceptors (Lipinski definition) is 11. The normalized spacial score (nSPS) is 12.6. The summed E-state index contributed by atoms with van der Waals surface area (Å²) < 4.78 is 150. The molecule has 0 amide bonds. The minimum Gasteiger partial charge on any atom is -0.493 e. The van der Waals surface area contributed by atoms with Crippen LogP contribution in [0.4, 0.5) is 26.3 Å². The fourth-order valence-electron chi connectivity index (χ4n) is 2.93. The van der Waals surface area contributed by atoms with Crippen LogP contribution in [0.2, 0.25) is 0 Å². The number of alkyl halides is 6. The Hall–Kier alpha value is -3.68. The molecular weight excluding hydrogens is 584 g/mol. The van der Waals surface area contributed by atoms with Crippen molar-refractivity contribution in [3.63, 3.8) is 0 Å². The summed E-state index contributed by atoms with van der Waals surface area (Å²) in [6.07, 6.45) is 0. The Morgan fingerprint density at radius 2 is 1.26 bits per heavy atom. The van der Waals surface area contributed by atoms with Crippen LogP contribution in [0.5, 0.6) is 17.2 Å². The molecule has 0 spiro atoms. The Labute approximate surface area is 209 Å². The molecule has 0 aliphatic carbocycles. The number of aromatic nitrogens is 1. The summed E-state index contributed by atoms with van der Waals surface area (Å²) in [4.78, 5) is 25.1. The summed E-state index contributed by atoms with van der Waals surface area (Å²) in [5, 5.41) is 0. The standard InChI is InChI=1S/C18H15F6NO11S2/c1-32-9-6-5-8(7-10(9)33-2)11-12(15(26)34-3)25(37(28,29)17(19,20)21)13(16(27)35-4)14(11)36-38(30,31)18(22,23)24/h5-7H,1-4H3. The zero-order valence-corrected chi connectivity index (χ0v) is 20.9.